The molecule has 0 spiro atoms. The number of hydrogen-bond acceptors (Lipinski definition) is 5. The second kappa shape index (κ2) is 8.49. The number of rotatable bonds is 6. The molecule has 2 fully saturated rings. The van der Waals surface area contributed by atoms with Crippen molar-refractivity contribution < 1.29 is 18.0 Å². The minimum Gasteiger partial charge on any atom is -0.352 e. The molecule has 9 heteroatoms. The Kier molecular flexibility index (Phi) is 7.49. The third kappa shape index (κ3) is 5.32. The number of carbonyl (C=O) groups excluding carboxylic acids is 2. The van der Waals surface area contributed by atoms with Gasteiger partial charge in [-0.15, -0.1) is 12.4 Å². The molecule has 2 heterocycles. The van der Waals surface area contributed by atoms with E-state index >= 15 is 0 Å². The maximum absolute atomic E-state index is 12.4. The largest absolute Gasteiger partial charge is 0.352 e. The lowest BCUT2D eigenvalue weighted by molar-refractivity contribution is -0.130. The Morgan fingerprint density at radius 3 is 2.58 bits per heavy atom. The van der Waals surface area contributed by atoms with Crippen LogP contribution in [-0.4, -0.2) is 61.8 Å². The summed E-state index contributed by atoms with van der Waals surface area (Å²) in [5.74, 6) is -0.118. The van der Waals surface area contributed by atoms with Gasteiger partial charge in [0.05, 0.1) is 17.4 Å². The second-order valence-corrected chi connectivity index (χ2v) is 9.30. The van der Waals surface area contributed by atoms with E-state index in [9.17, 15) is 18.0 Å². The van der Waals surface area contributed by atoms with E-state index in [0.717, 1.165) is 6.42 Å². The van der Waals surface area contributed by atoms with Crippen LogP contribution >= 0.6 is 12.4 Å². The second-order valence-electron chi connectivity index (χ2n) is 7.07. The van der Waals surface area contributed by atoms with Gasteiger partial charge in [0.2, 0.25) is 11.8 Å². The van der Waals surface area contributed by atoms with Gasteiger partial charge in [-0.25, -0.2) is 8.42 Å². The Labute approximate surface area is 150 Å². The monoisotopic (exact) mass is 381 g/mol. The Morgan fingerprint density at radius 1 is 1.42 bits per heavy atom. The first-order valence-corrected chi connectivity index (χ1v) is 10.0. The molecule has 0 saturated carbocycles. The summed E-state index contributed by atoms with van der Waals surface area (Å²) in [6.07, 6.45) is 1.43. The predicted octanol–water partition coefficient (Wildman–Crippen LogP) is -0.0666. The van der Waals surface area contributed by atoms with Crippen molar-refractivity contribution in [3.63, 3.8) is 0 Å². The van der Waals surface area contributed by atoms with Crippen molar-refractivity contribution >= 4 is 34.1 Å². The summed E-state index contributed by atoms with van der Waals surface area (Å²) in [5, 5.41) is 2.93. The van der Waals surface area contributed by atoms with Crippen LogP contribution in [0.1, 0.15) is 33.1 Å². The summed E-state index contributed by atoms with van der Waals surface area (Å²) in [6, 6.07) is -0.357. The summed E-state index contributed by atoms with van der Waals surface area (Å²) in [4.78, 5) is 26.1. The van der Waals surface area contributed by atoms with Gasteiger partial charge in [-0.05, 0) is 18.8 Å². The third-order valence-electron chi connectivity index (χ3n) is 4.57. The summed E-state index contributed by atoms with van der Waals surface area (Å²) < 4.78 is 23.2. The van der Waals surface area contributed by atoms with E-state index in [1.54, 1.807) is 4.90 Å². The molecule has 0 bridgehead atoms. The average molecular weight is 382 g/mol. The van der Waals surface area contributed by atoms with Gasteiger partial charge in [0.1, 0.15) is 0 Å². The summed E-state index contributed by atoms with van der Waals surface area (Å²) in [7, 11) is -3.04. The van der Waals surface area contributed by atoms with E-state index in [0.29, 0.717) is 25.4 Å². The SMILES string of the molecule is CC(C)CC(CN)NC(=O)C1CC(=O)N(C2CCS(=O)(=O)C2)C1.Cl. The van der Waals surface area contributed by atoms with Crippen molar-refractivity contribution in [1.29, 1.82) is 0 Å². The highest BCUT2D eigenvalue weighted by Gasteiger charge is 2.42. The molecule has 0 radical (unpaired) electrons. The molecule has 3 unspecified atom stereocenters. The molecule has 140 valence electrons. The Bertz CT molecular complexity index is 567. The number of nitrogens with two attached hydrogens (primary N) is 1. The Hall–Kier alpha value is -0.860. The van der Waals surface area contributed by atoms with Crippen LogP contribution < -0.4 is 11.1 Å². The topological polar surface area (TPSA) is 110 Å². The molecule has 3 atom stereocenters. The lowest BCUT2D eigenvalue weighted by atomic mass is 10.0. The zero-order chi connectivity index (χ0) is 17.2. The van der Waals surface area contributed by atoms with Crippen molar-refractivity contribution in [3.8, 4) is 0 Å². The molecular formula is C15H28ClN3O4S. The molecule has 2 saturated heterocycles. The van der Waals surface area contributed by atoms with Gasteiger partial charge in [-0.1, -0.05) is 13.8 Å². The number of amides is 2. The zero-order valence-electron chi connectivity index (χ0n) is 14.2. The fraction of sp³-hybridized carbons (Fsp3) is 0.867. The Morgan fingerprint density at radius 2 is 2.08 bits per heavy atom. The lowest BCUT2D eigenvalue weighted by Crippen LogP contribution is -2.45. The van der Waals surface area contributed by atoms with Gasteiger partial charge < -0.3 is 16.0 Å². The zero-order valence-corrected chi connectivity index (χ0v) is 15.9. The van der Waals surface area contributed by atoms with Crippen LogP contribution in [0.3, 0.4) is 0 Å². The van der Waals surface area contributed by atoms with Crippen molar-refractivity contribution in [2.45, 2.75) is 45.2 Å². The molecule has 0 aromatic heterocycles. The molecule has 0 aliphatic carbocycles. The van der Waals surface area contributed by atoms with Crippen LogP contribution in [0.5, 0.6) is 0 Å². The Balaban J connectivity index is 0.00000288. The number of nitrogens with zero attached hydrogens (tertiary/aromatic N) is 1. The highest BCUT2D eigenvalue weighted by molar-refractivity contribution is 7.91. The van der Waals surface area contributed by atoms with Gasteiger partial charge in [0.25, 0.3) is 0 Å². The fourth-order valence-electron chi connectivity index (χ4n) is 3.38. The van der Waals surface area contributed by atoms with Crippen molar-refractivity contribution in [1.82, 2.24) is 10.2 Å². The molecule has 2 rings (SSSR count). The molecule has 0 aromatic carbocycles. The minimum atomic E-state index is -3.04. The maximum atomic E-state index is 12.4. The van der Waals surface area contributed by atoms with Crippen molar-refractivity contribution in [3.05, 3.63) is 0 Å². The van der Waals surface area contributed by atoms with Crippen LogP contribution in [-0.2, 0) is 19.4 Å². The van der Waals surface area contributed by atoms with E-state index in [-0.39, 0.29) is 54.2 Å². The minimum absolute atomic E-state index is 0. The van der Waals surface area contributed by atoms with E-state index in [2.05, 4.69) is 19.2 Å². The molecule has 24 heavy (non-hydrogen) atoms. The predicted molar refractivity (Wildman–Crippen MR) is 94.6 cm³/mol. The average Bonchev–Trinajstić information content (AvgIpc) is 3.00. The van der Waals surface area contributed by atoms with Gasteiger partial charge in [0.15, 0.2) is 9.84 Å². The standard InChI is InChI=1S/C15H27N3O4S.ClH/c1-10(2)5-12(7-16)17-15(20)11-6-14(19)18(8-11)13-3-4-23(21,22)9-13;/h10-13H,3-9,16H2,1-2H3,(H,17,20);1H. The van der Waals surface area contributed by atoms with E-state index in [1.165, 1.54) is 0 Å². The van der Waals surface area contributed by atoms with Gasteiger partial charge >= 0.3 is 0 Å². The molecule has 7 nitrogen and oxygen atoms in total. The van der Waals surface area contributed by atoms with E-state index in [4.69, 9.17) is 5.73 Å². The van der Waals surface area contributed by atoms with Crippen LogP contribution in [0, 0.1) is 11.8 Å². The first-order chi connectivity index (χ1) is 10.7. The molecule has 2 amide bonds. The van der Waals surface area contributed by atoms with Gasteiger partial charge in [-0.3, -0.25) is 9.59 Å². The number of carbonyl (C=O) groups is 2. The number of halogens is 1. The van der Waals surface area contributed by atoms with Crippen molar-refractivity contribution in [2.24, 2.45) is 17.6 Å². The van der Waals surface area contributed by atoms with Crippen LogP contribution in [0.2, 0.25) is 0 Å². The quantitative estimate of drug-likeness (QED) is 0.669. The van der Waals surface area contributed by atoms with E-state index in [1.807, 2.05) is 0 Å². The number of likely N-dealkylation sites (tertiary alicyclic amines) is 1. The number of sulfone groups is 1. The highest BCUT2D eigenvalue weighted by atomic mass is 35.5. The molecular weight excluding hydrogens is 354 g/mol. The van der Waals surface area contributed by atoms with Crippen LogP contribution in [0.25, 0.3) is 0 Å². The lowest BCUT2D eigenvalue weighted by Gasteiger charge is -2.24. The molecule has 0 aromatic rings. The maximum Gasteiger partial charge on any atom is 0.225 e. The summed E-state index contributed by atoms with van der Waals surface area (Å²) in [5.41, 5.74) is 5.69. The fourth-order valence-corrected chi connectivity index (χ4v) is 5.11. The molecule has 2 aliphatic rings. The van der Waals surface area contributed by atoms with Crippen LogP contribution in [0.15, 0.2) is 0 Å². The smallest absolute Gasteiger partial charge is 0.225 e. The van der Waals surface area contributed by atoms with E-state index < -0.39 is 15.8 Å². The third-order valence-corrected chi connectivity index (χ3v) is 6.32. The van der Waals surface area contributed by atoms with Gasteiger partial charge in [0, 0.05) is 31.6 Å². The highest BCUT2D eigenvalue weighted by Crippen LogP contribution is 2.26. The number of hydrogen-bond donors (Lipinski definition) is 2. The van der Waals surface area contributed by atoms with Crippen LogP contribution in [0.4, 0.5) is 0 Å². The van der Waals surface area contributed by atoms with Gasteiger partial charge in [-0.2, -0.15) is 0 Å². The summed E-state index contributed by atoms with van der Waals surface area (Å²) in [6.45, 7) is 4.81. The first kappa shape index (κ1) is 21.2. The molecule has 3 N–H and O–H groups in total. The summed E-state index contributed by atoms with van der Waals surface area (Å²) >= 11 is 0. The normalized spacial score (nSPS) is 27.2. The number of nitrogens with one attached hydrogen (secondary N) is 1. The molecule has 2 aliphatic heterocycles. The first-order valence-electron chi connectivity index (χ1n) is 8.22. The van der Waals surface area contributed by atoms with Crippen molar-refractivity contribution in [2.75, 3.05) is 24.6 Å².